The highest BCUT2D eigenvalue weighted by Crippen LogP contribution is 2.27. The summed E-state index contributed by atoms with van der Waals surface area (Å²) in [5.74, 6) is 0.681. The molecule has 1 fully saturated rings. The van der Waals surface area contributed by atoms with Crippen LogP contribution >= 0.6 is 24.0 Å². The Hall–Kier alpha value is -0.240. The second-order valence-corrected chi connectivity index (χ2v) is 4.48. The van der Waals surface area contributed by atoms with Gasteiger partial charge < -0.3 is 5.32 Å². The number of hydrogen-bond donors (Lipinski definition) is 1. The van der Waals surface area contributed by atoms with Gasteiger partial charge in [0, 0.05) is 11.6 Å². The second kappa shape index (κ2) is 5.74. The Balaban J connectivity index is 0.00000112. The molecule has 1 saturated heterocycles. The highest BCUT2D eigenvalue weighted by Gasteiger charge is 2.16. The predicted octanol–water partition coefficient (Wildman–Crippen LogP) is 3.54. The van der Waals surface area contributed by atoms with Gasteiger partial charge in [0.15, 0.2) is 0 Å². The Morgan fingerprint density at radius 1 is 1.40 bits per heavy atom. The van der Waals surface area contributed by atoms with Crippen LogP contribution in [-0.2, 0) is 0 Å². The fourth-order valence-electron chi connectivity index (χ4n) is 2.21. The molecule has 1 aliphatic heterocycles. The summed E-state index contributed by atoms with van der Waals surface area (Å²) in [4.78, 5) is 0. The van der Waals surface area contributed by atoms with E-state index in [4.69, 9.17) is 11.6 Å². The first-order valence-electron chi connectivity index (χ1n) is 5.24. The van der Waals surface area contributed by atoms with Gasteiger partial charge in [0.25, 0.3) is 0 Å². The van der Waals surface area contributed by atoms with E-state index in [-0.39, 0.29) is 12.4 Å². The first kappa shape index (κ1) is 12.8. The summed E-state index contributed by atoms with van der Waals surface area (Å²) >= 11 is 5.94. The molecule has 2 rings (SSSR count). The Kier molecular flexibility index (Phi) is 4.91. The molecule has 1 aromatic rings. The van der Waals surface area contributed by atoms with E-state index in [1.165, 1.54) is 30.5 Å². The van der Waals surface area contributed by atoms with Gasteiger partial charge in [-0.25, -0.2) is 0 Å². The molecule has 1 unspecified atom stereocenters. The summed E-state index contributed by atoms with van der Waals surface area (Å²) in [6.45, 7) is 4.43. The van der Waals surface area contributed by atoms with Crippen LogP contribution in [0.3, 0.4) is 0 Å². The van der Waals surface area contributed by atoms with Crippen molar-refractivity contribution < 1.29 is 0 Å². The van der Waals surface area contributed by atoms with Crippen molar-refractivity contribution in [1.29, 1.82) is 0 Å². The van der Waals surface area contributed by atoms with Gasteiger partial charge in [-0.05, 0) is 55.5 Å². The average molecular weight is 246 g/mol. The molecule has 0 bridgehead atoms. The number of benzene rings is 1. The van der Waals surface area contributed by atoms with Crippen LogP contribution in [0, 0.1) is 6.92 Å². The summed E-state index contributed by atoms with van der Waals surface area (Å²) < 4.78 is 0. The molecule has 1 heterocycles. The molecule has 0 radical (unpaired) electrons. The second-order valence-electron chi connectivity index (χ2n) is 4.04. The van der Waals surface area contributed by atoms with Crippen molar-refractivity contribution in [1.82, 2.24) is 5.32 Å². The SMILES string of the molecule is Cc1cc(Cl)ccc1C1CCCNC1.Cl. The van der Waals surface area contributed by atoms with Crippen molar-refractivity contribution >= 4 is 24.0 Å². The summed E-state index contributed by atoms with van der Waals surface area (Å²) in [5, 5.41) is 4.28. The van der Waals surface area contributed by atoms with Crippen molar-refractivity contribution in [3.63, 3.8) is 0 Å². The van der Waals surface area contributed by atoms with E-state index < -0.39 is 0 Å². The largest absolute Gasteiger partial charge is 0.316 e. The Bertz CT molecular complexity index is 319. The van der Waals surface area contributed by atoms with Crippen LogP contribution in [0.2, 0.25) is 5.02 Å². The minimum Gasteiger partial charge on any atom is -0.316 e. The van der Waals surface area contributed by atoms with Crippen molar-refractivity contribution in [2.45, 2.75) is 25.7 Å². The molecule has 0 aromatic heterocycles. The van der Waals surface area contributed by atoms with E-state index in [0.29, 0.717) is 5.92 Å². The first-order valence-corrected chi connectivity index (χ1v) is 5.62. The molecule has 0 aliphatic carbocycles. The maximum atomic E-state index is 5.94. The maximum absolute atomic E-state index is 5.94. The Morgan fingerprint density at radius 2 is 2.20 bits per heavy atom. The Labute approximate surface area is 103 Å². The molecular weight excluding hydrogens is 229 g/mol. The molecule has 3 heteroatoms. The van der Waals surface area contributed by atoms with Crippen LogP contribution in [0.15, 0.2) is 18.2 Å². The van der Waals surface area contributed by atoms with Crippen LogP contribution in [0.25, 0.3) is 0 Å². The van der Waals surface area contributed by atoms with Gasteiger partial charge in [0.05, 0.1) is 0 Å². The van der Waals surface area contributed by atoms with E-state index in [1.807, 2.05) is 6.07 Å². The zero-order valence-corrected chi connectivity index (χ0v) is 10.5. The van der Waals surface area contributed by atoms with E-state index in [0.717, 1.165) is 11.6 Å². The molecule has 0 amide bonds. The third-order valence-corrected chi connectivity index (χ3v) is 3.20. The van der Waals surface area contributed by atoms with Gasteiger partial charge in [-0.1, -0.05) is 17.7 Å². The van der Waals surface area contributed by atoms with Crippen molar-refractivity contribution in [2.24, 2.45) is 0 Å². The summed E-state index contributed by atoms with van der Waals surface area (Å²) in [6.07, 6.45) is 2.59. The standard InChI is InChI=1S/C12H16ClN.ClH/c1-9-7-11(13)4-5-12(9)10-3-2-6-14-8-10;/h4-5,7,10,14H,2-3,6,8H2,1H3;1H. The number of aryl methyl sites for hydroxylation is 1. The fourth-order valence-corrected chi connectivity index (χ4v) is 2.44. The van der Waals surface area contributed by atoms with E-state index in [2.05, 4.69) is 24.4 Å². The molecule has 84 valence electrons. The van der Waals surface area contributed by atoms with E-state index in [1.54, 1.807) is 0 Å². The van der Waals surface area contributed by atoms with Gasteiger partial charge in [-0.3, -0.25) is 0 Å². The van der Waals surface area contributed by atoms with E-state index in [9.17, 15) is 0 Å². The quantitative estimate of drug-likeness (QED) is 0.799. The summed E-state index contributed by atoms with van der Waals surface area (Å²) in [5.41, 5.74) is 2.78. The van der Waals surface area contributed by atoms with Crippen molar-refractivity contribution in [3.8, 4) is 0 Å². The van der Waals surface area contributed by atoms with Crippen LogP contribution in [-0.4, -0.2) is 13.1 Å². The number of rotatable bonds is 1. The molecule has 1 nitrogen and oxygen atoms in total. The normalized spacial score (nSPS) is 20.8. The van der Waals surface area contributed by atoms with Gasteiger partial charge in [-0.2, -0.15) is 0 Å². The fraction of sp³-hybridized carbons (Fsp3) is 0.500. The Morgan fingerprint density at radius 3 is 2.80 bits per heavy atom. The topological polar surface area (TPSA) is 12.0 Å². The minimum absolute atomic E-state index is 0. The first-order chi connectivity index (χ1) is 6.77. The van der Waals surface area contributed by atoms with Crippen molar-refractivity contribution in [3.05, 3.63) is 34.3 Å². The zero-order chi connectivity index (χ0) is 9.97. The number of nitrogens with one attached hydrogen (secondary N) is 1. The summed E-state index contributed by atoms with van der Waals surface area (Å²) in [6, 6.07) is 6.24. The van der Waals surface area contributed by atoms with Gasteiger partial charge in [0.2, 0.25) is 0 Å². The molecule has 15 heavy (non-hydrogen) atoms. The molecule has 1 N–H and O–H groups in total. The monoisotopic (exact) mass is 245 g/mol. The highest BCUT2D eigenvalue weighted by molar-refractivity contribution is 6.30. The van der Waals surface area contributed by atoms with Crippen LogP contribution < -0.4 is 5.32 Å². The van der Waals surface area contributed by atoms with E-state index >= 15 is 0 Å². The lowest BCUT2D eigenvalue weighted by Gasteiger charge is -2.24. The van der Waals surface area contributed by atoms with Crippen LogP contribution in [0.4, 0.5) is 0 Å². The third-order valence-electron chi connectivity index (χ3n) is 2.97. The van der Waals surface area contributed by atoms with Crippen LogP contribution in [0.1, 0.15) is 29.9 Å². The summed E-state index contributed by atoms with van der Waals surface area (Å²) in [7, 11) is 0. The predicted molar refractivity (Wildman–Crippen MR) is 68.3 cm³/mol. The third kappa shape index (κ3) is 3.10. The highest BCUT2D eigenvalue weighted by atomic mass is 35.5. The number of halogens is 2. The lowest BCUT2D eigenvalue weighted by molar-refractivity contribution is 0.460. The molecule has 1 aliphatic rings. The molecule has 0 saturated carbocycles. The van der Waals surface area contributed by atoms with Crippen molar-refractivity contribution in [2.75, 3.05) is 13.1 Å². The lowest BCUT2D eigenvalue weighted by Crippen LogP contribution is -2.28. The lowest BCUT2D eigenvalue weighted by atomic mass is 9.89. The van der Waals surface area contributed by atoms with Gasteiger partial charge in [-0.15, -0.1) is 12.4 Å². The average Bonchev–Trinajstić information content (AvgIpc) is 2.19. The molecular formula is C12H17Cl2N. The molecule has 0 spiro atoms. The van der Waals surface area contributed by atoms with Crippen LogP contribution in [0.5, 0.6) is 0 Å². The number of piperidine rings is 1. The van der Waals surface area contributed by atoms with Gasteiger partial charge in [0.1, 0.15) is 0 Å². The maximum Gasteiger partial charge on any atom is 0.0408 e. The minimum atomic E-state index is 0. The zero-order valence-electron chi connectivity index (χ0n) is 8.92. The smallest absolute Gasteiger partial charge is 0.0408 e. The number of hydrogen-bond acceptors (Lipinski definition) is 1. The molecule has 1 aromatic carbocycles. The van der Waals surface area contributed by atoms with Gasteiger partial charge >= 0.3 is 0 Å². The molecule has 1 atom stereocenters.